The second kappa shape index (κ2) is 4.74. The van der Waals surface area contributed by atoms with Gasteiger partial charge in [-0.3, -0.25) is 0 Å². The van der Waals surface area contributed by atoms with Crippen molar-refractivity contribution in [3.05, 3.63) is 0 Å². The average molecular weight is 168 g/mol. The first-order valence-corrected chi connectivity index (χ1v) is 3.64. The van der Waals surface area contributed by atoms with E-state index in [0.717, 1.165) is 7.11 Å². The first-order chi connectivity index (χ1) is 5.37. The predicted octanol–water partition coefficient (Wildman–Crippen LogP) is 1.69. The van der Waals surface area contributed by atoms with Crippen LogP contribution >= 0.6 is 0 Å². The van der Waals surface area contributed by atoms with Gasteiger partial charge in [-0.15, -0.1) is 0 Å². The molecule has 0 unspecified atom stereocenters. The molecule has 0 aliphatic carbocycles. The minimum absolute atomic E-state index is 0.568. The van der Waals surface area contributed by atoms with E-state index in [2.05, 4.69) is 12.1 Å². The summed E-state index contributed by atoms with van der Waals surface area (Å²) in [7, 11) is 1.00. The molecule has 0 heterocycles. The summed E-state index contributed by atoms with van der Waals surface area (Å²) in [4.78, 5) is 0. The van der Waals surface area contributed by atoms with Gasteiger partial charge < -0.3 is 5.11 Å². The minimum Gasteiger partial charge on any atom is -0.400 e. The summed E-state index contributed by atoms with van der Waals surface area (Å²) in [6.45, 7) is 7.10. The van der Waals surface area contributed by atoms with Gasteiger partial charge >= 0.3 is 0 Å². The summed E-state index contributed by atoms with van der Waals surface area (Å²) in [5.41, 5.74) is -1.14. The largest absolute Gasteiger partial charge is 0.400 e. The number of aliphatic hydroxyl groups excluding tert-OH is 1. The lowest BCUT2D eigenvalue weighted by atomic mass is 9.70. The maximum atomic E-state index is 8.66. The Labute approximate surface area is 74.2 Å². The highest BCUT2D eigenvalue weighted by atomic mass is 16.2. The van der Waals surface area contributed by atoms with Crippen molar-refractivity contribution < 1.29 is 5.11 Å². The van der Waals surface area contributed by atoms with Crippen LogP contribution in [0.1, 0.15) is 27.7 Å². The number of aliphatic hydroxyl groups is 1. The molecule has 0 aromatic rings. The molecule has 12 heavy (non-hydrogen) atoms. The van der Waals surface area contributed by atoms with E-state index in [9.17, 15) is 0 Å². The monoisotopic (exact) mass is 168 g/mol. The second-order valence-electron chi connectivity index (χ2n) is 3.47. The number of nitriles is 2. The van der Waals surface area contributed by atoms with Gasteiger partial charge in [0.15, 0.2) is 0 Å². The molecule has 0 spiro atoms. The van der Waals surface area contributed by atoms with Gasteiger partial charge in [0.2, 0.25) is 0 Å². The number of hydrogen-bond donors (Lipinski definition) is 1. The van der Waals surface area contributed by atoms with Crippen molar-refractivity contribution in [2.75, 3.05) is 7.11 Å². The zero-order valence-electron chi connectivity index (χ0n) is 8.34. The third kappa shape index (κ3) is 2.90. The Hall–Kier alpha value is -1.06. The molecule has 0 saturated carbocycles. The number of nitrogens with zero attached hydrogens (tertiary/aromatic N) is 2. The molecule has 0 radical (unpaired) electrons. The maximum Gasteiger partial charge on any atom is 0.0700 e. The highest BCUT2D eigenvalue weighted by Crippen LogP contribution is 2.36. The van der Waals surface area contributed by atoms with Crippen LogP contribution < -0.4 is 0 Å². The molecule has 0 aliphatic rings. The summed E-state index contributed by atoms with van der Waals surface area (Å²) in [6, 6.07) is 4.22. The molecule has 3 heteroatoms. The lowest BCUT2D eigenvalue weighted by molar-refractivity contribution is 0.253. The molecule has 0 aromatic carbocycles. The van der Waals surface area contributed by atoms with Crippen LogP contribution in [0, 0.1) is 33.5 Å². The van der Waals surface area contributed by atoms with Crippen molar-refractivity contribution in [3.63, 3.8) is 0 Å². The van der Waals surface area contributed by atoms with Crippen LogP contribution in [-0.2, 0) is 0 Å². The Balaban J connectivity index is 0. The summed E-state index contributed by atoms with van der Waals surface area (Å²) in [6.07, 6.45) is 0. The molecule has 0 saturated heterocycles. The van der Waals surface area contributed by atoms with Crippen LogP contribution in [0.25, 0.3) is 0 Å². The normalized spacial score (nSPS) is 10.3. The van der Waals surface area contributed by atoms with Crippen molar-refractivity contribution in [2.45, 2.75) is 27.7 Å². The van der Waals surface area contributed by atoms with E-state index in [1.54, 1.807) is 27.7 Å². The Morgan fingerprint density at radius 1 is 0.833 bits per heavy atom. The van der Waals surface area contributed by atoms with E-state index < -0.39 is 10.8 Å². The Bertz CT molecular complexity index is 182. The smallest absolute Gasteiger partial charge is 0.0700 e. The van der Waals surface area contributed by atoms with Gasteiger partial charge in [-0.05, 0) is 27.7 Å². The van der Waals surface area contributed by atoms with E-state index in [1.165, 1.54) is 0 Å². The van der Waals surface area contributed by atoms with E-state index in [4.69, 9.17) is 15.6 Å². The third-order valence-corrected chi connectivity index (χ3v) is 2.12. The zero-order valence-corrected chi connectivity index (χ0v) is 8.34. The molecular formula is C9H16N2O. The van der Waals surface area contributed by atoms with Crippen LogP contribution in [0.15, 0.2) is 0 Å². The van der Waals surface area contributed by atoms with Crippen LogP contribution in [0.5, 0.6) is 0 Å². The van der Waals surface area contributed by atoms with Gasteiger partial charge in [0.05, 0.1) is 23.0 Å². The van der Waals surface area contributed by atoms with Gasteiger partial charge in [0.1, 0.15) is 0 Å². The standard InChI is InChI=1S/C8H12N2.CH4O/c1-7(2,5-9)8(3,4)6-10;1-2/h1-4H3;2H,1H3. The van der Waals surface area contributed by atoms with Gasteiger partial charge in [-0.1, -0.05) is 0 Å². The molecule has 3 nitrogen and oxygen atoms in total. The minimum atomic E-state index is -0.568. The molecule has 0 atom stereocenters. The topological polar surface area (TPSA) is 67.8 Å². The quantitative estimate of drug-likeness (QED) is 0.647. The molecule has 68 valence electrons. The van der Waals surface area contributed by atoms with Gasteiger partial charge in [0, 0.05) is 7.11 Å². The first-order valence-electron chi connectivity index (χ1n) is 3.64. The van der Waals surface area contributed by atoms with Crippen LogP contribution in [0.3, 0.4) is 0 Å². The highest BCUT2D eigenvalue weighted by molar-refractivity contribution is 5.10. The lowest BCUT2D eigenvalue weighted by Gasteiger charge is -2.28. The third-order valence-electron chi connectivity index (χ3n) is 2.12. The Morgan fingerprint density at radius 3 is 1.08 bits per heavy atom. The van der Waals surface area contributed by atoms with Gasteiger partial charge in [0.25, 0.3) is 0 Å². The summed E-state index contributed by atoms with van der Waals surface area (Å²) in [5, 5.41) is 24.3. The zero-order chi connectivity index (χ0) is 10.4. The summed E-state index contributed by atoms with van der Waals surface area (Å²) < 4.78 is 0. The summed E-state index contributed by atoms with van der Waals surface area (Å²) >= 11 is 0. The fraction of sp³-hybridized carbons (Fsp3) is 0.778. The van der Waals surface area contributed by atoms with E-state index in [1.807, 2.05) is 0 Å². The number of rotatable bonds is 1. The molecule has 0 fully saturated rings. The molecule has 0 bridgehead atoms. The Kier molecular flexibility index (Phi) is 5.35. The van der Waals surface area contributed by atoms with Crippen LogP contribution in [-0.4, -0.2) is 12.2 Å². The maximum absolute atomic E-state index is 8.66. The number of hydrogen-bond acceptors (Lipinski definition) is 3. The molecule has 1 N–H and O–H groups in total. The van der Waals surface area contributed by atoms with E-state index in [0.29, 0.717) is 0 Å². The van der Waals surface area contributed by atoms with Crippen molar-refractivity contribution in [3.8, 4) is 12.1 Å². The van der Waals surface area contributed by atoms with Crippen LogP contribution in [0.2, 0.25) is 0 Å². The molecule has 0 aromatic heterocycles. The average Bonchev–Trinajstić information content (AvgIpc) is 2.08. The van der Waals surface area contributed by atoms with Crippen molar-refractivity contribution in [2.24, 2.45) is 10.8 Å². The van der Waals surface area contributed by atoms with Crippen molar-refractivity contribution in [1.82, 2.24) is 0 Å². The van der Waals surface area contributed by atoms with Crippen molar-refractivity contribution >= 4 is 0 Å². The summed E-state index contributed by atoms with van der Waals surface area (Å²) in [5.74, 6) is 0. The molecule has 0 rings (SSSR count). The fourth-order valence-electron chi connectivity index (χ4n) is 0.280. The first kappa shape index (κ1) is 13.5. The Morgan fingerprint density at radius 2 is 1.00 bits per heavy atom. The van der Waals surface area contributed by atoms with Gasteiger partial charge in [-0.25, -0.2) is 0 Å². The fourth-order valence-corrected chi connectivity index (χ4v) is 0.280. The van der Waals surface area contributed by atoms with Crippen molar-refractivity contribution in [1.29, 1.82) is 10.5 Å². The van der Waals surface area contributed by atoms with Crippen LogP contribution in [0.4, 0.5) is 0 Å². The SMILES string of the molecule is CC(C)(C#N)C(C)(C)C#N.CO. The molecular weight excluding hydrogens is 152 g/mol. The highest BCUT2D eigenvalue weighted by Gasteiger charge is 2.37. The second-order valence-corrected chi connectivity index (χ2v) is 3.47. The van der Waals surface area contributed by atoms with E-state index in [-0.39, 0.29) is 0 Å². The molecule has 0 aliphatic heterocycles. The van der Waals surface area contributed by atoms with Gasteiger partial charge in [-0.2, -0.15) is 10.5 Å². The van der Waals surface area contributed by atoms with E-state index >= 15 is 0 Å². The molecule has 0 amide bonds. The predicted molar refractivity (Wildman–Crippen MR) is 46.9 cm³/mol. The lowest BCUT2D eigenvalue weighted by Crippen LogP contribution is -2.29.